The Morgan fingerprint density at radius 1 is 1.40 bits per heavy atom. The minimum absolute atomic E-state index is 0.0835. The van der Waals surface area contributed by atoms with Gasteiger partial charge in [-0.2, -0.15) is 0 Å². The molecule has 1 rings (SSSR count). The summed E-state index contributed by atoms with van der Waals surface area (Å²) in [5.74, 6) is 1.07. The summed E-state index contributed by atoms with van der Waals surface area (Å²) < 4.78 is 5.34. The molecule has 1 amide bonds. The van der Waals surface area contributed by atoms with E-state index in [1.807, 2.05) is 6.26 Å². The molecule has 0 bridgehead atoms. The minimum atomic E-state index is 0.0835. The first-order valence-corrected chi connectivity index (χ1v) is 6.80. The normalized spacial score (nSPS) is 20.3. The maximum atomic E-state index is 11.4. The van der Waals surface area contributed by atoms with Crippen LogP contribution in [0.25, 0.3) is 0 Å². The summed E-state index contributed by atoms with van der Waals surface area (Å²) in [4.78, 5) is 11.4. The van der Waals surface area contributed by atoms with Gasteiger partial charge in [-0.15, -0.1) is 0 Å². The van der Waals surface area contributed by atoms with Crippen LogP contribution in [0.5, 0.6) is 0 Å². The number of amides is 1. The molecule has 1 heterocycles. The van der Waals surface area contributed by atoms with Gasteiger partial charge in [0.15, 0.2) is 0 Å². The fourth-order valence-corrected chi connectivity index (χ4v) is 2.35. The third-order valence-corrected chi connectivity index (χ3v) is 3.45. The number of hydrogen-bond acceptors (Lipinski definition) is 3. The van der Waals surface area contributed by atoms with Crippen molar-refractivity contribution in [3.8, 4) is 0 Å². The molecule has 1 atom stereocenters. The zero-order valence-electron chi connectivity index (χ0n) is 9.79. The second-order valence-corrected chi connectivity index (χ2v) is 5.13. The van der Waals surface area contributed by atoms with Crippen molar-refractivity contribution in [1.29, 1.82) is 0 Å². The van der Waals surface area contributed by atoms with Crippen LogP contribution in [0.1, 0.15) is 26.7 Å². The van der Waals surface area contributed by atoms with Crippen molar-refractivity contribution in [2.75, 3.05) is 19.5 Å². The molecule has 0 unspecified atom stereocenters. The van der Waals surface area contributed by atoms with Crippen molar-refractivity contribution in [1.82, 2.24) is 5.32 Å². The average Bonchev–Trinajstić information content (AvgIpc) is 2.26. The van der Waals surface area contributed by atoms with Crippen LogP contribution in [0, 0.1) is 11.8 Å². The first-order valence-electron chi connectivity index (χ1n) is 5.57. The Labute approximate surface area is 96.3 Å². The molecule has 88 valence electrons. The maximum Gasteiger partial charge on any atom is 0.279 e. The maximum absolute atomic E-state index is 11.4. The Bertz CT molecular complexity index is 203. The molecule has 1 fully saturated rings. The second-order valence-electron chi connectivity index (χ2n) is 4.36. The summed E-state index contributed by atoms with van der Waals surface area (Å²) in [7, 11) is 0. The van der Waals surface area contributed by atoms with E-state index in [2.05, 4.69) is 19.2 Å². The third kappa shape index (κ3) is 4.03. The molecule has 4 heteroatoms. The number of hydrogen-bond donors (Lipinski definition) is 1. The van der Waals surface area contributed by atoms with E-state index in [0.717, 1.165) is 26.1 Å². The van der Waals surface area contributed by atoms with Crippen molar-refractivity contribution in [3.63, 3.8) is 0 Å². The Morgan fingerprint density at radius 2 is 2.00 bits per heavy atom. The molecule has 1 aliphatic rings. The van der Waals surface area contributed by atoms with E-state index in [0.29, 0.717) is 17.9 Å². The fraction of sp³-hybridized carbons (Fsp3) is 0.909. The topological polar surface area (TPSA) is 38.3 Å². The number of nitrogens with one attached hydrogen (secondary N) is 1. The number of rotatable bonds is 3. The zero-order valence-corrected chi connectivity index (χ0v) is 10.6. The van der Waals surface area contributed by atoms with Crippen molar-refractivity contribution >= 4 is 17.0 Å². The van der Waals surface area contributed by atoms with Gasteiger partial charge in [-0.05, 0) is 30.9 Å². The highest BCUT2D eigenvalue weighted by Gasteiger charge is 2.27. The summed E-state index contributed by atoms with van der Waals surface area (Å²) in [6.45, 7) is 6.01. The van der Waals surface area contributed by atoms with Crippen LogP contribution < -0.4 is 5.32 Å². The van der Waals surface area contributed by atoms with Gasteiger partial charge in [-0.25, -0.2) is 0 Å². The van der Waals surface area contributed by atoms with Gasteiger partial charge in [0.25, 0.3) is 5.24 Å². The van der Waals surface area contributed by atoms with E-state index < -0.39 is 0 Å². The summed E-state index contributed by atoms with van der Waals surface area (Å²) in [6, 6.07) is 0.300. The molecule has 15 heavy (non-hydrogen) atoms. The van der Waals surface area contributed by atoms with Gasteiger partial charge in [0.1, 0.15) is 0 Å². The van der Waals surface area contributed by atoms with E-state index >= 15 is 0 Å². The van der Waals surface area contributed by atoms with E-state index in [-0.39, 0.29) is 5.24 Å². The standard InChI is InChI=1S/C11H21NO2S/c1-8(2)10(12-11(13)15-3)9-4-6-14-7-5-9/h8-10H,4-7H2,1-3H3,(H,12,13)/t10-/m1/s1. The van der Waals surface area contributed by atoms with Gasteiger partial charge in [-0.1, -0.05) is 25.6 Å². The molecule has 0 spiro atoms. The highest BCUT2D eigenvalue weighted by molar-refractivity contribution is 8.12. The summed E-state index contributed by atoms with van der Waals surface area (Å²) >= 11 is 1.25. The fourth-order valence-electron chi connectivity index (χ4n) is 2.10. The van der Waals surface area contributed by atoms with Crippen molar-refractivity contribution in [3.05, 3.63) is 0 Å². The first-order chi connectivity index (χ1) is 7.15. The van der Waals surface area contributed by atoms with Crippen LogP contribution in [-0.2, 0) is 4.74 Å². The SMILES string of the molecule is CSC(=O)N[C@H](C(C)C)C1CCOCC1. The molecule has 3 nitrogen and oxygen atoms in total. The molecule has 0 aliphatic carbocycles. The lowest BCUT2D eigenvalue weighted by molar-refractivity contribution is 0.0493. The summed E-state index contributed by atoms with van der Waals surface area (Å²) in [6.07, 6.45) is 3.95. The van der Waals surface area contributed by atoms with Gasteiger partial charge >= 0.3 is 0 Å². The molecule has 1 aliphatic heterocycles. The van der Waals surface area contributed by atoms with Crippen LogP contribution in [0.15, 0.2) is 0 Å². The van der Waals surface area contributed by atoms with E-state index in [9.17, 15) is 4.79 Å². The van der Waals surface area contributed by atoms with Crippen LogP contribution in [0.2, 0.25) is 0 Å². The number of carbonyl (C=O) groups excluding carboxylic acids is 1. The number of carbonyl (C=O) groups is 1. The first kappa shape index (κ1) is 12.8. The predicted molar refractivity (Wildman–Crippen MR) is 64.2 cm³/mol. The van der Waals surface area contributed by atoms with E-state index in [1.165, 1.54) is 11.8 Å². The molecule has 0 radical (unpaired) electrons. The number of thioether (sulfide) groups is 1. The summed E-state index contributed by atoms with van der Waals surface area (Å²) in [5.41, 5.74) is 0. The Hall–Kier alpha value is -0.220. The lowest BCUT2D eigenvalue weighted by atomic mass is 9.85. The van der Waals surface area contributed by atoms with Gasteiger partial charge in [-0.3, -0.25) is 4.79 Å². The highest BCUT2D eigenvalue weighted by Crippen LogP contribution is 2.24. The number of ether oxygens (including phenoxy) is 1. The van der Waals surface area contributed by atoms with Crippen LogP contribution in [0.4, 0.5) is 4.79 Å². The third-order valence-electron chi connectivity index (χ3n) is 2.96. The average molecular weight is 231 g/mol. The van der Waals surface area contributed by atoms with Crippen LogP contribution in [-0.4, -0.2) is 30.8 Å². The largest absolute Gasteiger partial charge is 0.381 e. The van der Waals surface area contributed by atoms with Crippen molar-refractivity contribution in [2.45, 2.75) is 32.7 Å². The van der Waals surface area contributed by atoms with Gasteiger partial charge in [0.05, 0.1) is 0 Å². The quantitative estimate of drug-likeness (QED) is 0.811. The Balaban J connectivity index is 2.51. The minimum Gasteiger partial charge on any atom is -0.381 e. The van der Waals surface area contributed by atoms with E-state index in [4.69, 9.17) is 4.74 Å². The van der Waals surface area contributed by atoms with Gasteiger partial charge < -0.3 is 10.1 Å². The zero-order chi connectivity index (χ0) is 11.3. The summed E-state index contributed by atoms with van der Waals surface area (Å²) in [5, 5.41) is 3.19. The molecule has 1 saturated heterocycles. The van der Waals surface area contributed by atoms with Gasteiger partial charge in [0.2, 0.25) is 0 Å². The van der Waals surface area contributed by atoms with Gasteiger partial charge in [0, 0.05) is 19.3 Å². The molecule has 0 saturated carbocycles. The van der Waals surface area contributed by atoms with Crippen molar-refractivity contribution in [2.24, 2.45) is 11.8 Å². The molecule has 0 aromatic heterocycles. The molecule has 0 aromatic rings. The molecular formula is C11H21NO2S. The predicted octanol–water partition coefficient (Wildman–Crippen LogP) is 2.51. The lowest BCUT2D eigenvalue weighted by Gasteiger charge is -2.33. The lowest BCUT2D eigenvalue weighted by Crippen LogP contribution is -2.44. The Kier molecular flexibility index (Phi) is 5.47. The molecular weight excluding hydrogens is 210 g/mol. The molecule has 0 aromatic carbocycles. The van der Waals surface area contributed by atoms with Crippen molar-refractivity contribution < 1.29 is 9.53 Å². The highest BCUT2D eigenvalue weighted by atomic mass is 32.2. The smallest absolute Gasteiger partial charge is 0.279 e. The second kappa shape index (κ2) is 6.38. The molecule has 1 N–H and O–H groups in total. The van der Waals surface area contributed by atoms with E-state index in [1.54, 1.807) is 0 Å². The van der Waals surface area contributed by atoms with Crippen LogP contribution in [0.3, 0.4) is 0 Å². The monoisotopic (exact) mass is 231 g/mol. The Morgan fingerprint density at radius 3 is 2.47 bits per heavy atom. The van der Waals surface area contributed by atoms with Crippen LogP contribution >= 0.6 is 11.8 Å².